The molecule has 0 bridgehead atoms. The molecule has 0 aromatic rings. The van der Waals surface area contributed by atoms with E-state index < -0.39 is 44.5 Å². The average Bonchev–Trinajstić information content (AvgIpc) is 3.02. The topological polar surface area (TPSA) is 138 Å². The van der Waals surface area contributed by atoms with Gasteiger partial charge in [0.25, 0.3) is 0 Å². The molecule has 5 fully saturated rings. The number of nitriles is 1. The number of halogens is 6. The fourth-order valence-electron chi connectivity index (χ4n) is 8.65. The molecule has 49 heavy (non-hydrogen) atoms. The Hall–Kier alpha value is 0.610. The first-order valence-electron chi connectivity index (χ1n) is 17.3. The molecule has 5 aliphatic rings. The Kier molecular flexibility index (Phi) is 18.0. The van der Waals surface area contributed by atoms with Gasteiger partial charge in [-0.1, -0.05) is 51.4 Å². The van der Waals surface area contributed by atoms with Crippen LogP contribution in [0.1, 0.15) is 135 Å². The largest absolute Gasteiger partial charge is 0.741 e. The Balaban J connectivity index is 0.000000362. The van der Waals surface area contributed by atoms with Crippen LogP contribution < -0.4 is 0 Å². The number of alkyl halides is 6. The highest BCUT2D eigenvalue weighted by atomic mass is 33.0. The van der Waals surface area contributed by atoms with Crippen LogP contribution in [0.5, 0.6) is 0 Å². The highest BCUT2D eigenvalue weighted by molar-refractivity contribution is 9.17. The summed E-state index contributed by atoms with van der Waals surface area (Å²) in [5, 5.41) is 7.32. The fraction of sp³-hybridized carbons (Fsp3) is 0.967. The molecule has 7 nitrogen and oxygen atoms in total. The maximum atomic E-state index is 10.7. The third-order valence-electron chi connectivity index (χ3n) is 10.6. The van der Waals surface area contributed by atoms with Crippen LogP contribution in [0.25, 0.3) is 0 Å². The predicted molar refractivity (Wildman–Crippen MR) is 190 cm³/mol. The van der Waals surface area contributed by atoms with Gasteiger partial charge in [-0.3, -0.25) is 0 Å². The molecule has 1 heterocycles. The quantitative estimate of drug-likeness (QED) is 0.119. The van der Waals surface area contributed by atoms with Gasteiger partial charge in [-0.15, -0.1) is 0 Å². The summed E-state index contributed by atoms with van der Waals surface area (Å²) in [6.07, 6.45) is 32.4. The minimum absolute atomic E-state index is 0.434. The van der Waals surface area contributed by atoms with Crippen molar-refractivity contribution >= 4 is 48.1 Å². The number of hydrogen-bond donors (Lipinski definition) is 0. The monoisotopic (exact) mass is 825 g/mol. The first kappa shape index (κ1) is 45.8. The summed E-state index contributed by atoms with van der Waals surface area (Å²) in [6.45, 7) is 6.24. The van der Waals surface area contributed by atoms with Crippen molar-refractivity contribution in [1.29, 1.82) is 5.26 Å². The molecule has 0 N–H and O–H groups in total. The van der Waals surface area contributed by atoms with E-state index >= 15 is 0 Å². The second-order valence-electron chi connectivity index (χ2n) is 13.8. The van der Waals surface area contributed by atoms with E-state index in [1.54, 1.807) is 134 Å². The van der Waals surface area contributed by atoms with Gasteiger partial charge in [0.2, 0.25) is 14.6 Å². The minimum Gasteiger partial charge on any atom is -0.741 e. The summed E-state index contributed by atoms with van der Waals surface area (Å²) in [5.41, 5.74) is -6.29. The molecule has 0 aromatic carbocycles. The SMILES string of the molecule is CC#N.C[P+]1(C2CCCCC2)P(C2CCCCC2)[P+](C)(C2CCCCC2)P1C1CCCCC1.O=S(=O)([O-])C(F)(F)F.O=S(=O)([O-])C(F)(F)F. The maximum absolute atomic E-state index is 10.7. The summed E-state index contributed by atoms with van der Waals surface area (Å²) in [7, 11) is -11.3. The Bertz CT molecular complexity index is 1170. The fourth-order valence-corrected chi connectivity index (χ4v) is 88.9. The van der Waals surface area contributed by atoms with E-state index in [0.717, 1.165) is 0 Å². The third-order valence-corrected chi connectivity index (χ3v) is 64.3. The predicted octanol–water partition coefficient (Wildman–Crippen LogP) is 11.9. The Morgan fingerprint density at radius 3 is 0.918 bits per heavy atom. The van der Waals surface area contributed by atoms with Gasteiger partial charge in [0.05, 0.1) is 42.0 Å². The lowest BCUT2D eigenvalue weighted by molar-refractivity contribution is -0.0522. The van der Waals surface area contributed by atoms with Crippen LogP contribution in [-0.4, -0.2) is 72.9 Å². The Morgan fingerprint density at radius 2 is 0.735 bits per heavy atom. The van der Waals surface area contributed by atoms with Gasteiger partial charge in [0, 0.05) is 6.92 Å². The molecular weight excluding hydrogens is 772 g/mol. The van der Waals surface area contributed by atoms with E-state index in [4.69, 9.17) is 31.2 Å². The zero-order valence-corrected chi connectivity index (χ0v) is 33.9. The third kappa shape index (κ3) is 11.8. The van der Waals surface area contributed by atoms with Crippen LogP contribution in [0.15, 0.2) is 0 Å². The Morgan fingerprint density at radius 1 is 0.551 bits per heavy atom. The second kappa shape index (κ2) is 19.3. The lowest BCUT2D eigenvalue weighted by atomic mass is 10.0. The maximum Gasteiger partial charge on any atom is 0.485 e. The van der Waals surface area contributed by atoms with E-state index in [1.165, 1.54) is 29.6 Å². The van der Waals surface area contributed by atoms with E-state index in [0.29, 0.717) is 14.6 Å². The first-order valence-corrected chi connectivity index (χ1v) is 30.3. The van der Waals surface area contributed by atoms with E-state index in [9.17, 15) is 26.3 Å². The summed E-state index contributed by atoms with van der Waals surface area (Å²) in [4.78, 5) is 0. The molecule has 4 saturated carbocycles. The number of hydrogen-bond acceptors (Lipinski definition) is 7. The van der Waals surface area contributed by atoms with Crippen LogP contribution in [-0.2, 0) is 20.2 Å². The van der Waals surface area contributed by atoms with Crippen molar-refractivity contribution in [3.8, 4) is 6.07 Å². The van der Waals surface area contributed by atoms with Crippen LogP contribution in [0.2, 0.25) is 0 Å². The highest BCUT2D eigenvalue weighted by Gasteiger charge is 2.88. The average molecular weight is 826 g/mol. The summed E-state index contributed by atoms with van der Waals surface area (Å²) in [5.74, 6) is 0. The van der Waals surface area contributed by atoms with Crippen molar-refractivity contribution in [2.24, 2.45) is 0 Å². The molecule has 4 aliphatic carbocycles. The van der Waals surface area contributed by atoms with Gasteiger partial charge in [-0.2, -0.15) is 31.6 Å². The van der Waals surface area contributed by atoms with Crippen molar-refractivity contribution in [3.05, 3.63) is 0 Å². The van der Waals surface area contributed by atoms with Crippen LogP contribution >= 0.6 is 27.9 Å². The lowest BCUT2D eigenvalue weighted by Gasteiger charge is -2.61. The second-order valence-corrected chi connectivity index (χ2v) is 43.6. The molecule has 5 rings (SSSR count). The zero-order chi connectivity index (χ0) is 37.3. The minimum atomic E-state index is -6.09. The molecule has 0 atom stereocenters. The summed E-state index contributed by atoms with van der Waals surface area (Å²) >= 11 is 0. The molecule has 288 valence electrons. The molecule has 0 spiro atoms. The van der Waals surface area contributed by atoms with Crippen molar-refractivity contribution in [2.45, 2.75) is 169 Å². The molecule has 0 unspecified atom stereocenters. The van der Waals surface area contributed by atoms with E-state index in [-0.39, 0.29) is 0 Å². The standard InChI is InChI=1S/C26H50P4.C2H3N.2CHF3O3S/c1-29(25-19-11-5-12-20-25)27(23-15-7-3-8-16-23)30(2,26-21-13-6-14-22-26)28(29)24-17-9-4-10-18-24;1-2-3;2*2-1(3,4)8(5,6)7/h23-26H,3-22H2,1-2H3;1H3;2*(H,5,6,7)/q+2;;;/p-2. The van der Waals surface area contributed by atoms with Crippen molar-refractivity contribution < 1.29 is 52.3 Å². The van der Waals surface area contributed by atoms with Crippen LogP contribution in [0.3, 0.4) is 0 Å². The van der Waals surface area contributed by atoms with Crippen LogP contribution in [0.4, 0.5) is 26.3 Å². The smallest absolute Gasteiger partial charge is 0.485 e. The van der Waals surface area contributed by atoms with Gasteiger partial charge in [-0.05, 0) is 77.0 Å². The van der Waals surface area contributed by atoms with Gasteiger partial charge < -0.3 is 9.11 Å². The molecule has 0 radical (unpaired) electrons. The lowest BCUT2D eigenvalue weighted by Crippen LogP contribution is -2.33. The van der Waals surface area contributed by atoms with Gasteiger partial charge in [0.1, 0.15) is 13.3 Å². The zero-order valence-electron chi connectivity index (χ0n) is 28.7. The van der Waals surface area contributed by atoms with Gasteiger partial charge in [0.15, 0.2) is 20.2 Å². The number of nitrogens with zero attached hydrogens (tertiary/aromatic N) is 1. The molecule has 1 aliphatic heterocycles. The molecule has 19 heteroatoms. The normalized spacial score (nSPS) is 31.3. The molecule has 0 amide bonds. The van der Waals surface area contributed by atoms with Gasteiger partial charge in [-0.25, -0.2) is 16.8 Å². The van der Waals surface area contributed by atoms with Crippen molar-refractivity contribution in [2.75, 3.05) is 13.3 Å². The van der Waals surface area contributed by atoms with E-state index in [1.807, 2.05) is 0 Å². The van der Waals surface area contributed by atoms with Crippen LogP contribution in [0, 0.1) is 11.3 Å². The van der Waals surface area contributed by atoms with E-state index in [2.05, 4.69) is 13.3 Å². The summed E-state index contributed by atoms with van der Waals surface area (Å²) < 4.78 is 118. The Labute approximate surface area is 293 Å². The summed E-state index contributed by atoms with van der Waals surface area (Å²) in [6, 6.07) is 1.75. The van der Waals surface area contributed by atoms with Gasteiger partial charge >= 0.3 is 11.0 Å². The molecular formula is C30H53F6NO6P4S2. The number of rotatable bonds is 4. The first-order chi connectivity index (χ1) is 22.6. The van der Waals surface area contributed by atoms with Crippen molar-refractivity contribution in [1.82, 2.24) is 0 Å². The van der Waals surface area contributed by atoms with Crippen molar-refractivity contribution in [3.63, 3.8) is 0 Å². The molecule has 1 saturated heterocycles. The highest BCUT2D eigenvalue weighted by Crippen LogP contribution is 3.37. The molecule has 0 aromatic heterocycles.